The highest BCUT2D eigenvalue weighted by atomic mass is 19.1. The summed E-state index contributed by atoms with van der Waals surface area (Å²) in [6.45, 7) is -0.344. The van der Waals surface area contributed by atoms with Gasteiger partial charge in [0.05, 0.1) is 12.6 Å². The summed E-state index contributed by atoms with van der Waals surface area (Å²) in [6, 6.07) is 3.56. The zero-order valence-corrected chi connectivity index (χ0v) is 14.9. The quantitative estimate of drug-likeness (QED) is 0.560. The lowest BCUT2D eigenvalue weighted by Crippen LogP contribution is -2.26. The van der Waals surface area contributed by atoms with E-state index in [1.165, 1.54) is 23.9 Å². The number of anilines is 1. The number of rotatable bonds is 7. The molecular weight excluding hydrogens is 374 g/mol. The van der Waals surface area contributed by atoms with E-state index in [2.05, 4.69) is 15.3 Å². The minimum Gasteiger partial charge on any atom is -0.451 e. The number of halogens is 2. The molecule has 1 atom stereocenters. The number of pyridine rings is 1. The van der Waals surface area contributed by atoms with Gasteiger partial charge in [-0.15, -0.1) is 0 Å². The van der Waals surface area contributed by atoms with Crippen LogP contribution in [0.15, 0.2) is 35.3 Å². The van der Waals surface area contributed by atoms with Crippen molar-refractivity contribution in [3.8, 4) is 11.5 Å². The molecule has 0 fully saturated rings. The molecule has 3 rings (SSSR count). The number of hydrogen-bond donors (Lipinski definition) is 3. The lowest BCUT2D eigenvalue weighted by Gasteiger charge is -2.15. The van der Waals surface area contributed by atoms with Crippen LogP contribution in [0.3, 0.4) is 0 Å². The maximum Gasteiger partial charge on any atom is 0.294 e. The number of aryl methyl sites for hydroxylation is 1. The van der Waals surface area contributed by atoms with Crippen molar-refractivity contribution in [2.75, 3.05) is 18.5 Å². The van der Waals surface area contributed by atoms with Crippen molar-refractivity contribution in [1.29, 1.82) is 0 Å². The van der Waals surface area contributed by atoms with Gasteiger partial charge in [-0.25, -0.2) is 13.8 Å². The Hall–Kier alpha value is -3.11. The van der Waals surface area contributed by atoms with Crippen molar-refractivity contribution in [2.24, 2.45) is 7.05 Å². The van der Waals surface area contributed by atoms with Crippen LogP contribution in [0.25, 0.3) is 11.0 Å². The topological polar surface area (TPSA) is 110 Å². The van der Waals surface area contributed by atoms with E-state index in [0.29, 0.717) is 23.5 Å². The van der Waals surface area contributed by atoms with E-state index >= 15 is 0 Å². The molecule has 0 radical (unpaired) electrons. The molecule has 0 spiro atoms. The molecule has 0 unspecified atom stereocenters. The molecule has 0 aliphatic carbocycles. The van der Waals surface area contributed by atoms with Gasteiger partial charge < -0.3 is 20.3 Å². The Morgan fingerprint density at radius 1 is 1.21 bits per heavy atom. The Bertz CT molecular complexity index is 1040. The average molecular weight is 392 g/mol. The van der Waals surface area contributed by atoms with Gasteiger partial charge in [0.25, 0.3) is 5.56 Å². The van der Waals surface area contributed by atoms with Crippen LogP contribution in [-0.4, -0.2) is 44.0 Å². The lowest BCUT2D eigenvalue weighted by atomic mass is 10.2. The predicted octanol–water partition coefficient (Wildman–Crippen LogP) is 1.55. The third-order valence-electron chi connectivity index (χ3n) is 4.01. The zero-order valence-electron chi connectivity index (χ0n) is 14.9. The summed E-state index contributed by atoms with van der Waals surface area (Å²) in [5.74, 6) is -1.77. The zero-order chi connectivity index (χ0) is 20.3. The number of aliphatic hydroxyl groups is 2. The van der Waals surface area contributed by atoms with Crippen LogP contribution in [-0.2, 0) is 7.05 Å². The van der Waals surface area contributed by atoms with Crippen LogP contribution in [0, 0.1) is 11.6 Å². The van der Waals surface area contributed by atoms with E-state index in [-0.39, 0.29) is 30.7 Å². The second-order valence-corrected chi connectivity index (χ2v) is 6.09. The van der Waals surface area contributed by atoms with Crippen molar-refractivity contribution >= 4 is 17.0 Å². The highest BCUT2D eigenvalue weighted by Gasteiger charge is 2.14. The summed E-state index contributed by atoms with van der Waals surface area (Å²) in [6.07, 6.45) is 1.74. The first kappa shape index (κ1) is 19.6. The van der Waals surface area contributed by atoms with Gasteiger partial charge in [-0.1, -0.05) is 0 Å². The molecule has 28 heavy (non-hydrogen) atoms. The Morgan fingerprint density at radius 3 is 2.57 bits per heavy atom. The number of hydrogen-bond acceptors (Lipinski definition) is 7. The second-order valence-electron chi connectivity index (χ2n) is 6.09. The van der Waals surface area contributed by atoms with E-state index < -0.39 is 23.2 Å². The van der Waals surface area contributed by atoms with Crippen molar-refractivity contribution in [2.45, 2.75) is 12.5 Å². The summed E-state index contributed by atoms with van der Waals surface area (Å²) in [5, 5.41) is 21.6. The third-order valence-corrected chi connectivity index (χ3v) is 4.01. The number of ether oxygens (including phenoxy) is 1. The molecule has 3 N–H and O–H groups in total. The van der Waals surface area contributed by atoms with E-state index in [1.54, 1.807) is 0 Å². The average Bonchev–Trinajstić information content (AvgIpc) is 2.65. The van der Waals surface area contributed by atoms with Crippen LogP contribution in [0.5, 0.6) is 11.5 Å². The monoisotopic (exact) mass is 392 g/mol. The highest BCUT2D eigenvalue weighted by Crippen LogP contribution is 2.23. The van der Waals surface area contributed by atoms with Gasteiger partial charge in [0.15, 0.2) is 5.75 Å². The summed E-state index contributed by atoms with van der Waals surface area (Å²) in [4.78, 5) is 20.9. The Balaban J connectivity index is 1.96. The molecule has 10 heteroatoms. The SMILES string of the molecule is Cn1c(=O)c(Oc2cc(F)cc(F)c2)cc2cnc(N[C@@H](CO)CCO)nc21. The van der Waals surface area contributed by atoms with Crippen molar-refractivity contribution in [3.63, 3.8) is 0 Å². The van der Waals surface area contributed by atoms with E-state index in [0.717, 1.165) is 12.1 Å². The number of aliphatic hydroxyl groups excluding tert-OH is 2. The number of nitrogens with one attached hydrogen (secondary N) is 1. The first-order valence-corrected chi connectivity index (χ1v) is 8.40. The van der Waals surface area contributed by atoms with Gasteiger partial charge in [0.2, 0.25) is 5.95 Å². The molecule has 3 aromatic rings. The van der Waals surface area contributed by atoms with Crippen LogP contribution in [0.2, 0.25) is 0 Å². The van der Waals surface area contributed by atoms with E-state index in [1.807, 2.05) is 0 Å². The fourth-order valence-corrected chi connectivity index (χ4v) is 2.62. The standard InChI is InChI=1S/C18H18F2N4O4/c1-24-16-10(8-21-18(23-16)22-13(9-26)2-3-25)4-15(17(24)27)28-14-6-11(19)5-12(20)7-14/h4-8,13,25-26H,2-3,9H2,1H3,(H,21,22,23)/t13-/m1/s1. The summed E-state index contributed by atoms with van der Waals surface area (Å²) < 4.78 is 33.2. The molecule has 0 saturated heterocycles. The molecule has 2 aromatic heterocycles. The Labute approximate surface area is 158 Å². The molecule has 2 heterocycles. The van der Waals surface area contributed by atoms with Crippen LogP contribution in [0.4, 0.5) is 14.7 Å². The maximum absolute atomic E-state index is 13.3. The fourth-order valence-electron chi connectivity index (χ4n) is 2.62. The van der Waals surface area contributed by atoms with Gasteiger partial charge in [-0.3, -0.25) is 9.36 Å². The largest absolute Gasteiger partial charge is 0.451 e. The molecular formula is C18H18F2N4O4. The van der Waals surface area contributed by atoms with Crippen molar-refractivity contribution in [1.82, 2.24) is 14.5 Å². The van der Waals surface area contributed by atoms with Crippen molar-refractivity contribution in [3.05, 3.63) is 52.5 Å². The molecule has 0 saturated carbocycles. The molecule has 0 bridgehead atoms. The molecule has 1 aromatic carbocycles. The number of fused-ring (bicyclic) bond motifs is 1. The fraction of sp³-hybridized carbons (Fsp3) is 0.278. The first-order valence-electron chi connectivity index (χ1n) is 8.40. The van der Waals surface area contributed by atoms with E-state index in [4.69, 9.17) is 9.84 Å². The predicted molar refractivity (Wildman–Crippen MR) is 97.4 cm³/mol. The normalized spacial score (nSPS) is 12.2. The summed E-state index contributed by atoms with van der Waals surface area (Å²) in [7, 11) is 1.47. The van der Waals surface area contributed by atoms with Crippen LogP contribution >= 0.6 is 0 Å². The highest BCUT2D eigenvalue weighted by molar-refractivity contribution is 5.76. The van der Waals surface area contributed by atoms with Gasteiger partial charge in [0, 0.05) is 43.4 Å². The van der Waals surface area contributed by atoms with E-state index in [9.17, 15) is 18.7 Å². The molecule has 0 aliphatic heterocycles. The summed E-state index contributed by atoms with van der Waals surface area (Å²) >= 11 is 0. The first-order chi connectivity index (χ1) is 13.4. The molecule has 8 nitrogen and oxygen atoms in total. The van der Waals surface area contributed by atoms with Gasteiger partial charge in [-0.2, -0.15) is 4.98 Å². The second kappa shape index (κ2) is 8.28. The lowest BCUT2D eigenvalue weighted by molar-refractivity contribution is 0.228. The third kappa shape index (κ3) is 4.24. The molecule has 0 amide bonds. The number of aromatic nitrogens is 3. The number of nitrogens with zero attached hydrogens (tertiary/aromatic N) is 3. The Morgan fingerprint density at radius 2 is 1.93 bits per heavy atom. The summed E-state index contributed by atoms with van der Waals surface area (Å²) in [5.41, 5.74) is -0.267. The van der Waals surface area contributed by atoms with Crippen LogP contribution in [0.1, 0.15) is 6.42 Å². The van der Waals surface area contributed by atoms with Gasteiger partial charge in [-0.05, 0) is 12.5 Å². The smallest absolute Gasteiger partial charge is 0.294 e. The van der Waals surface area contributed by atoms with Crippen molar-refractivity contribution < 1.29 is 23.7 Å². The van der Waals surface area contributed by atoms with Gasteiger partial charge in [0.1, 0.15) is 23.0 Å². The minimum absolute atomic E-state index is 0.119. The molecule has 148 valence electrons. The maximum atomic E-state index is 13.3. The number of benzene rings is 1. The molecule has 0 aliphatic rings. The Kier molecular flexibility index (Phi) is 5.81. The van der Waals surface area contributed by atoms with Crippen LogP contribution < -0.4 is 15.6 Å². The van der Waals surface area contributed by atoms with Gasteiger partial charge >= 0.3 is 0 Å². The minimum atomic E-state index is -0.826.